The summed E-state index contributed by atoms with van der Waals surface area (Å²) in [6.45, 7) is 4.91. The van der Waals surface area contributed by atoms with Gasteiger partial charge in [0.25, 0.3) is 0 Å². The maximum atomic E-state index is 13.2. The molecule has 0 unspecified atom stereocenters. The zero-order valence-electron chi connectivity index (χ0n) is 15.7. The average Bonchev–Trinajstić information content (AvgIpc) is 3.30. The lowest BCUT2D eigenvalue weighted by Crippen LogP contribution is -2.44. The number of halogens is 1. The number of hydrogen-bond donors (Lipinski definition) is 2. The van der Waals surface area contributed by atoms with Crippen molar-refractivity contribution in [2.75, 3.05) is 36.8 Å². The molecule has 5 rings (SSSR count). The highest BCUT2D eigenvalue weighted by atomic mass is 19.1. The van der Waals surface area contributed by atoms with E-state index in [1.165, 1.54) is 12.8 Å². The zero-order valence-corrected chi connectivity index (χ0v) is 15.7. The number of likely N-dealkylation sites (tertiary alicyclic amines) is 1. The number of nitrogens with zero attached hydrogens (tertiary/aromatic N) is 5. The fraction of sp³-hybridized carbons (Fsp3) is 0.450. The number of nitrogen functional groups attached to an aromatic ring is 1. The molecule has 2 saturated heterocycles. The third-order valence-electron chi connectivity index (χ3n) is 6.08. The van der Waals surface area contributed by atoms with Crippen LogP contribution in [-0.4, -0.2) is 51.0 Å². The first kappa shape index (κ1) is 17.4. The number of nitrogens with one attached hydrogen (secondary N) is 1. The highest BCUT2D eigenvalue weighted by molar-refractivity contribution is 5.84. The smallest absolute Gasteiger partial charge is 0.224 e. The van der Waals surface area contributed by atoms with Crippen LogP contribution in [0.15, 0.2) is 30.6 Å². The maximum Gasteiger partial charge on any atom is 0.224 e. The third-order valence-corrected chi connectivity index (χ3v) is 6.08. The first-order valence-corrected chi connectivity index (χ1v) is 9.79. The number of imidazole rings is 1. The van der Waals surface area contributed by atoms with Gasteiger partial charge in [0.2, 0.25) is 5.95 Å². The van der Waals surface area contributed by atoms with Crippen molar-refractivity contribution in [1.29, 1.82) is 0 Å². The number of H-pyrrole nitrogens is 1. The summed E-state index contributed by atoms with van der Waals surface area (Å²) in [5.74, 6) is 0.934. The van der Waals surface area contributed by atoms with E-state index in [-0.39, 0.29) is 17.2 Å². The molecule has 3 aromatic rings. The van der Waals surface area contributed by atoms with E-state index in [0.29, 0.717) is 5.65 Å². The molecule has 1 aromatic carbocycles. The number of piperidine rings is 1. The molecule has 0 bridgehead atoms. The van der Waals surface area contributed by atoms with Crippen molar-refractivity contribution in [3.8, 4) is 0 Å². The van der Waals surface area contributed by atoms with E-state index in [2.05, 4.69) is 29.7 Å². The Labute approximate surface area is 162 Å². The Morgan fingerprint density at radius 3 is 2.82 bits per heavy atom. The molecule has 146 valence electrons. The van der Waals surface area contributed by atoms with E-state index in [4.69, 9.17) is 5.73 Å². The Morgan fingerprint density at radius 1 is 1.11 bits per heavy atom. The van der Waals surface area contributed by atoms with Crippen molar-refractivity contribution in [3.05, 3.63) is 42.0 Å². The summed E-state index contributed by atoms with van der Waals surface area (Å²) >= 11 is 0. The van der Waals surface area contributed by atoms with E-state index in [1.807, 2.05) is 12.1 Å². The summed E-state index contributed by atoms with van der Waals surface area (Å²) < 4.78 is 13.2. The lowest BCUT2D eigenvalue weighted by molar-refractivity contribution is 0.0991. The molecule has 4 heterocycles. The minimum absolute atomic E-state index is 0.181. The van der Waals surface area contributed by atoms with Gasteiger partial charge in [0, 0.05) is 31.6 Å². The number of rotatable bonds is 3. The average molecular weight is 381 g/mol. The van der Waals surface area contributed by atoms with Crippen molar-refractivity contribution in [1.82, 2.24) is 24.8 Å². The summed E-state index contributed by atoms with van der Waals surface area (Å²) in [4.78, 5) is 20.9. The zero-order chi connectivity index (χ0) is 19.1. The van der Waals surface area contributed by atoms with Crippen LogP contribution in [0.4, 0.5) is 16.2 Å². The summed E-state index contributed by atoms with van der Waals surface area (Å²) in [7, 11) is 0. The van der Waals surface area contributed by atoms with Gasteiger partial charge in [-0.3, -0.25) is 4.90 Å². The van der Waals surface area contributed by atoms with E-state index in [0.717, 1.165) is 56.0 Å². The summed E-state index contributed by atoms with van der Waals surface area (Å²) in [5.41, 5.74) is 8.79. The standard InChI is InChI=1S/C20H24FN7/c21-15-4-2-14(3-5-15)10-27-8-1-6-20(11-27)7-9-28(12-20)18-16-17(24-13-23-16)25-19(22)26-18/h2-5,13H,1,6-12H2,(H3,22,23,24,25,26)/t20-/m1/s1. The monoisotopic (exact) mass is 381 g/mol. The van der Waals surface area contributed by atoms with Crippen LogP contribution in [0.3, 0.4) is 0 Å². The Kier molecular flexibility index (Phi) is 4.16. The van der Waals surface area contributed by atoms with Crippen LogP contribution in [0.1, 0.15) is 24.8 Å². The summed E-state index contributed by atoms with van der Waals surface area (Å²) in [5, 5.41) is 0. The van der Waals surface area contributed by atoms with Crippen molar-refractivity contribution in [2.24, 2.45) is 5.41 Å². The third kappa shape index (κ3) is 3.17. The second kappa shape index (κ2) is 6.70. The molecule has 1 atom stereocenters. The Bertz CT molecular complexity index is 986. The largest absolute Gasteiger partial charge is 0.368 e. The van der Waals surface area contributed by atoms with Crippen LogP contribution >= 0.6 is 0 Å². The lowest BCUT2D eigenvalue weighted by atomic mass is 9.79. The van der Waals surface area contributed by atoms with E-state index in [1.54, 1.807) is 18.5 Å². The molecule has 2 fully saturated rings. The molecule has 3 N–H and O–H groups in total. The maximum absolute atomic E-state index is 13.2. The van der Waals surface area contributed by atoms with Gasteiger partial charge in [-0.1, -0.05) is 12.1 Å². The second-order valence-electron chi connectivity index (χ2n) is 8.12. The van der Waals surface area contributed by atoms with Gasteiger partial charge in [-0.05, 0) is 43.5 Å². The van der Waals surface area contributed by atoms with Gasteiger partial charge < -0.3 is 15.6 Å². The molecule has 8 heteroatoms. The van der Waals surface area contributed by atoms with Gasteiger partial charge in [-0.25, -0.2) is 9.37 Å². The Balaban J connectivity index is 1.33. The molecule has 1 spiro atoms. The fourth-order valence-electron chi connectivity index (χ4n) is 4.81. The van der Waals surface area contributed by atoms with Gasteiger partial charge >= 0.3 is 0 Å². The van der Waals surface area contributed by atoms with Crippen LogP contribution in [0, 0.1) is 11.2 Å². The van der Waals surface area contributed by atoms with Crippen molar-refractivity contribution in [2.45, 2.75) is 25.8 Å². The van der Waals surface area contributed by atoms with E-state index >= 15 is 0 Å². The highest BCUT2D eigenvalue weighted by Crippen LogP contribution is 2.41. The second-order valence-corrected chi connectivity index (χ2v) is 8.12. The first-order chi connectivity index (χ1) is 13.6. The van der Waals surface area contributed by atoms with Gasteiger partial charge in [0.1, 0.15) is 11.3 Å². The minimum Gasteiger partial charge on any atom is -0.368 e. The molecule has 0 radical (unpaired) electrons. The van der Waals surface area contributed by atoms with Gasteiger partial charge in [0.15, 0.2) is 11.5 Å². The number of nitrogens with two attached hydrogens (primary N) is 1. The molecule has 0 saturated carbocycles. The SMILES string of the molecule is Nc1nc(N2CC[C@@]3(CCCN(Cc4ccc(F)cc4)C3)C2)c2[nH]cnc2n1. The normalized spacial score (nSPS) is 23.1. The van der Waals surface area contributed by atoms with Crippen LogP contribution < -0.4 is 10.6 Å². The molecule has 7 nitrogen and oxygen atoms in total. The first-order valence-electron chi connectivity index (χ1n) is 9.79. The quantitative estimate of drug-likeness (QED) is 0.725. The number of aromatic amines is 1. The van der Waals surface area contributed by atoms with Crippen molar-refractivity contribution < 1.29 is 4.39 Å². The van der Waals surface area contributed by atoms with Crippen LogP contribution in [-0.2, 0) is 6.54 Å². The number of fused-ring (bicyclic) bond motifs is 1. The molecule has 28 heavy (non-hydrogen) atoms. The summed E-state index contributed by atoms with van der Waals surface area (Å²) in [6, 6.07) is 6.86. The molecule has 2 aliphatic rings. The number of aromatic nitrogens is 4. The number of benzene rings is 1. The topological polar surface area (TPSA) is 87.0 Å². The minimum atomic E-state index is -0.181. The predicted octanol–water partition coefficient (Wildman–Crippen LogP) is 2.57. The van der Waals surface area contributed by atoms with Crippen LogP contribution in [0.5, 0.6) is 0 Å². The molecule has 0 aliphatic carbocycles. The predicted molar refractivity (Wildman–Crippen MR) is 106 cm³/mol. The molecule has 0 amide bonds. The molecule has 2 aliphatic heterocycles. The van der Waals surface area contributed by atoms with E-state index < -0.39 is 0 Å². The van der Waals surface area contributed by atoms with Crippen molar-refractivity contribution in [3.63, 3.8) is 0 Å². The van der Waals surface area contributed by atoms with Gasteiger partial charge in [0.05, 0.1) is 6.33 Å². The summed E-state index contributed by atoms with van der Waals surface area (Å²) in [6.07, 6.45) is 5.17. The molecule has 2 aromatic heterocycles. The van der Waals surface area contributed by atoms with Gasteiger partial charge in [-0.2, -0.15) is 9.97 Å². The number of anilines is 2. The van der Waals surface area contributed by atoms with Crippen molar-refractivity contribution >= 4 is 22.9 Å². The van der Waals surface area contributed by atoms with Crippen LogP contribution in [0.25, 0.3) is 11.2 Å². The fourth-order valence-corrected chi connectivity index (χ4v) is 4.81. The highest BCUT2D eigenvalue weighted by Gasteiger charge is 2.42. The number of hydrogen-bond acceptors (Lipinski definition) is 6. The Hall–Kier alpha value is -2.74. The molecular weight excluding hydrogens is 357 g/mol. The lowest BCUT2D eigenvalue weighted by Gasteiger charge is -2.40. The van der Waals surface area contributed by atoms with E-state index in [9.17, 15) is 4.39 Å². The Morgan fingerprint density at radius 2 is 1.96 bits per heavy atom. The molecular formula is C20H24FN7. The van der Waals surface area contributed by atoms with Crippen LogP contribution in [0.2, 0.25) is 0 Å². The van der Waals surface area contributed by atoms with Gasteiger partial charge in [-0.15, -0.1) is 0 Å².